The molecule has 21 heavy (non-hydrogen) atoms. The molecule has 0 aromatic heterocycles. The van der Waals surface area contributed by atoms with Gasteiger partial charge in [0.05, 0.1) is 5.41 Å². The second kappa shape index (κ2) is 4.59. The number of esters is 1. The van der Waals surface area contributed by atoms with Crippen molar-refractivity contribution in [3.8, 4) is 0 Å². The molecule has 2 nitrogen and oxygen atoms in total. The van der Waals surface area contributed by atoms with Crippen molar-refractivity contribution in [1.82, 2.24) is 0 Å². The van der Waals surface area contributed by atoms with Crippen LogP contribution in [0.25, 0.3) is 10.8 Å². The van der Waals surface area contributed by atoms with Crippen molar-refractivity contribution in [2.24, 2.45) is 5.41 Å². The summed E-state index contributed by atoms with van der Waals surface area (Å²) >= 11 is 0. The van der Waals surface area contributed by atoms with Crippen LogP contribution in [0.3, 0.4) is 0 Å². The van der Waals surface area contributed by atoms with Crippen LogP contribution < -0.4 is 0 Å². The molecule has 2 atom stereocenters. The smallest absolute Gasteiger partial charge is 0.312 e. The zero-order valence-corrected chi connectivity index (χ0v) is 13.1. The molecule has 1 saturated carbocycles. The third-order valence-corrected chi connectivity index (χ3v) is 4.28. The van der Waals surface area contributed by atoms with Crippen LogP contribution in [-0.2, 0) is 9.53 Å². The summed E-state index contributed by atoms with van der Waals surface area (Å²) in [7, 11) is 0. The number of carbonyl (C=O) groups excluding carboxylic acids is 1. The highest BCUT2D eigenvalue weighted by molar-refractivity contribution is 5.85. The Morgan fingerprint density at radius 3 is 2.48 bits per heavy atom. The standard InChI is InChI=1S/C19H22O2/c1-18(2,3)21-17(20)19(4)12-16(19)15-10-9-13-7-5-6-8-14(13)11-15/h5-11,16H,12H2,1-4H3/t16-,19+/m0/s1. The summed E-state index contributed by atoms with van der Waals surface area (Å²) in [6.45, 7) is 7.77. The van der Waals surface area contributed by atoms with E-state index in [4.69, 9.17) is 4.74 Å². The van der Waals surface area contributed by atoms with Gasteiger partial charge in [-0.15, -0.1) is 0 Å². The number of hydrogen-bond acceptors (Lipinski definition) is 2. The van der Waals surface area contributed by atoms with E-state index >= 15 is 0 Å². The average molecular weight is 282 g/mol. The summed E-state index contributed by atoms with van der Waals surface area (Å²) in [6, 6.07) is 14.8. The second-order valence-corrected chi connectivity index (χ2v) is 7.28. The van der Waals surface area contributed by atoms with E-state index in [9.17, 15) is 4.79 Å². The van der Waals surface area contributed by atoms with Gasteiger partial charge in [-0.3, -0.25) is 4.79 Å². The SMILES string of the molecule is CC(C)(C)OC(=O)[C@]1(C)C[C@H]1c1ccc2ccccc2c1. The molecule has 0 bridgehead atoms. The normalized spacial score (nSPS) is 24.9. The maximum atomic E-state index is 12.4. The molecule has 2 heteroatoms. The number of fused-ring (bicyclic) bond motifs is 1. The molecule has 0 unspecified atom stereocenters. The summed E-state index contributed by atoms with van der Waals surface area (Å²) in [4.78, 5) is 12.4. The molecule has 0 spiro atoms. The van der Waals surface area contributed by atoms with Gasteiger partial charge in [0.25, 0.3) is 0 Å². The Labute approximate surface area is 126 Å². The predicted octanol–water partition coefficient (Wildman–Crippen LogP) is 4.68. The van der Waals surface area contributed by atoms with Crippen molar-refractivity contribution >= 4 is 16.7 Å². The number of ether oxygens (including phenoxy) is 1. The van der Waals surface area contributed by atoms with Crippen LogP contribution in [0, 0.1) is 5.41 Å². The monoisotopic (exact) mass is 282 g/mol. The first-order valence-corrected chi connectivity index (χ1v) is 7.52. The molecule has 110 valence electrons. The third kappa shape index (κ3) is 2.67. The maximum Gasteiger partial charge on any atom is 0.312 e. The molecule has 1 aliphatic rings. The van der Waals surface area contributed by atoms with E-state index in [-0.39, 0.29) is 17.3 Å². The number of hydrogen-bond donors (Lipinski definition) is 0. The van der Waals surface area contributed by atoms with Crippen molar-refractivity contribution in [3.05, 3.63) is 48.0 Å². The van der Waals surface area contributed by atoms with Crippen LogP contribution in [0.5, 0.6) is 0 Å². The Morgan fingerprint density at radius 1 is 1.14 bits per heavy atom. The van der Waals surface area contributed by atoms with Crippen molar-refractivity contribution in [2.45, 2.75) is 45.6 Å². The highest BCUT2D eigenvalue weighted by Gasteiger charge is 2.58. The molecule has 1 fully saturated rings. The van der Waals surface area contributed by atoms with E-state index < -0.39 is 5.60 Å². The zero-order chi connectivity index (χ0) is 15.3. The van der Waals surface area contributed by atoms with Gasteiger partial charge < -0.3 is 4.74 Å². The molecule has 0 aliphatic heterocycles. The minimum atomic E-state index is -0.420. The number of carbonyl (C=O) groups is 1. The van der Waals surface area contributed by atoms with Crippen molar-refractivity contribution < 1.29 is 9.53 Å². The van der Waals surface area contributed by atoms with Crippen LogP contribution >= 0.6 is 0 Å². The molecule has 0 radical (unpaired) electrons. The Balaban J connectivity index is 1.83. The molecular weight excluding hydrogens is 260 g/mol. The molecule has 1 aliphatic carbocycles. The van der Waals surface area contributed by atoms with E-state index in [2.05, 4.69) is 30.3 Å². The predicted molar refractivity (Wildman–Crippen MR) is 85.3 cm³/mol. The van der Waals surface area contributed by atoms with E-state index in [0.717, 1.165) is 6.42 Å². The topological polar surface area (TPSA) is 26.3 Å². The Bertz CT molecular complexity index is 696. The lowest BCUT2D eigenvalue weighted by atomic mass is 9.98. The molecule has 0 amide bonds. The third-order valence-electron chi connectivity index (χ3n) is 4.28. The molecule has 0 N–H and O–H groups in total. The van der Waals surface area contributed by atoms with Crippen LogP contribution in [0.4, 0.5) is 0 Å². The molecule has 0 heterocycles. The lowest BCUT2D eigenvalue weighted by Crippen LogP contribution is -2.29. The Morgan fingerprint density at radius 2 is 1.81 bits per heavy atom. The van der Waals surface area contributed by atoms with Gasteiger partial charge >= 0.3 is 5.97 Å². The van der Waals surface area contributed by atoms with Crippen LogP contribution in [0.15, 0.2) is 42.5 Å². The first-order chi connectivity index (χ1) is 9.79. The van der Waals surface area contributed by atoms with Gasteiger partial charge in [-0.1, -0.05) is 42.5 Å². The lowest BCUT2D eigenvalue weighted by Gasteiger charge is -2.22. The summed E-state index contributed by atoms with van der Waals surface area (Å²) in [5.41, 5.74) is 0.453. The molecular formula is C19H22O2. The van der Waals surface area contributed by atoms with Gasteiger partial charge in [0.1, 0.15) is 5.60 Å². The Kier molecular flexibility index (Phi) is 3.09. The van der Waals surface area contributed by atoms with Crippen LogP contribution in [0.2, 0.25) is 0 Å². The maximum absolute atomic E-state index is 12.4. The van der Waals surface area contributed by atoms with Crippen molar-refractivity contribution in [2.75, 3.05) is 0 Å². The fraction of sp³-hybridized carbons (Fsp3) is 0.421. The largest absolute Gasteiger partial charge is 0.460 e. The summed E-state index contributed by atoms with van der Waals surface area (Å²) in [5.74, 6) is 0.199. The minimum Gasteiger partial charge on any atom is -0.460 e. The summed E-state index contributed by atoms with van der Waals surface area (Å²) < 4.78 is 5.56. The van der Waals surface area contributed by atoms with Gasteiger partial charge in [0.15, 0.2) is 0 Å². The Hall–Kier alpha value is -1.83. The van der Waals surface area contributed by atoms with Crippen molar-refractivity contribution in [3.63, 3.8) is 0 Å². The average Bonchev–Trinajstić information content (AvgIpc) is 3.10. The van der Waals surface area contributed by atoms with Gasteiger partial charge in [-0.2, -0.15) is 0 Å². The van der Waals surface area contributed by atoms with Gasteiger partial charge in [-0.05, 0) is 50.5 Å². The molecule has 3 rings (SSSR count). The second-order valence-electron chi connectivity index (χ2n) is 7.28. The molecule has 2 aromatic rings. The number of rotatable bonds is 2. The van der Waals surface area contributed by atoms with Crippen molar-refractivity contribution in [1.29, 1.82) is 0 Å². The zero-order valence-electron chi connectivity index (χ0n) is 13.1. The van der Waals surface area contributed by atoms with E-state index in [1.54, 1.807) is 0 Å². The van der Waals surface area contributed by atoms with E-state index in [1.807, 2.05) is 39.8 Å². The fourth-order valence-corrected chi connectivity index (χ4v) is 2.90. The van der Waals surface area contributed by atoms with E-state index in [1.165, 1.54) is 16.3 Å². The highest BCUT2D eigenvalue weighted by Crippen LogP contribution is 2.60. The van der Waals surface area contributed by atoms with Crippen LogP contribution in [0.1, 0.15) is 45.6 Å². The first-order valence-electron chi connectivity index (χ1n) is 7.52. The van der Waals surface area contributed by atoms with Gasteiger partial charge in [-0.25, -0.2) is 0 Å². The van der Waals surface area contributed by atoms with Gasteiger partial charge in [0.2, 0.25) is 0 Å². The minimum absolute atomic E-state index is 0.0758. The summed E-state index contributed by atoms with van der Waals surface area (Å²) in [5, 5.41) is 2.47. The highest BCUT2D eigenvalue weighted by atomic mass is 16.6. The summed E-state index contributed by atoms with van der Waals surface area (Å²) in [6.07, 6.45) is 0.875. The van der Waals surface area contributed by atoms with Crippen LogP contribution in [-0.4, -0.2) is 11.6 Å². The number of benzene rings is 2. The lowest BCUT2D eigenvalue weighted by molar-refractivity contribution is -0.161. The quantitative estimate of drug-likeness (QED) is 0.748. The molecule has 2 aromatic carbocycles. The molecule has 0 saturated heterocycles. The van der Waals surface area contributed by atoms with Gasteiger partial charge in [0, 0.05) is 5.92 Å². The fourth-order valence-electron chi connectivity index (χ4n) is 2.90. The first kappa shape index (κ1) is 14.1. The van der Waals surface area contributed by atoms with E-state index in [0.29, 0.717) is 0 Å².